The van der Waals surface area contributed by atoms with Crippen molar-refractivity contribution in [3.05, 3.63) is 46.2 Å². The molecular formula is C26H38N4O4. The topological polar surface area (TPSA) is 82.2 Å². The summed E-state index contributed by atoms with van der Waals surface area (Å²) in [5.41, 5.74) is 4.13. The van der Waals surface area contributed by atoms with Crippen LogP contribution in [0.1, 0.15) is 50.4 Å². The summed E-state index contributed by atoms with van der Waals surface area (Å²) in [6, 6.07) is 5.26. The standard InChI is InChI=1S/C26H38N4O4/c1-7-30-21(16-28-11-13-29(14-12-28)24(31)17(3)4)22(25(32)34-8-2)23(27-26(30)33)20-15-18(5)9-10-19(20)6/h9-10,15,17,23H,7-8,11-14,16H2,1-6H3,(H,27,33). The van der Waals surface area contributed by atoms with Crippen molar-refractivity contribution in [3.8, 4) is 0 Å². The normalized spacial score (nSPS) is 19.5. The van der Waals surface area contributed by atoms with E-state index in [1.165, 1.54) is 0 Å². The number of rotatable bonds is 7. The SMILES string of the molecule is CCOC(=O)C1=C(CN2CCN(C(=O)C(C)C)CC2)N(CC)C(=O)NC1c1cc(C)ccc1C. The highest BCUT2D eigenvalue weighted by Gasteiger charge is 2.39. The largest absolute Gasteiger partial charge is 0.463 e. The molecule has 3 amide bonds. The number of amides is 3. The van der Waals surface area contributed by atoms with Crippen LogP contribution < -0.4 is 5.32 Å². The molecule has 1 unspecified atom stereocenters. The van der Waals surface area contributed by atoms with E-state index >= 15 is 0 Å². The third-order valence-electron chi connectivity index (χ3n) is 6.55. The molecule has 1 aromatic carbocycles. The van der Waals surface area contributed by atoms with Gasteiger partial charge >= 0.3 is 12.0 Å². The number of hydrogen-bond donors (Lipinski definition) is 1. The van der Waals surface area contributed by atoms with Crippen LogP contribution in [0.5, 0.6) is 0 Å². The molecule has 186 valence electrons. The van der Waals surface area contributed by atoms with Crippen LogP contribution in [0.15, 0.2) is 29.5 Å². The number of aryl methyl sites for hydroxylation is 2. The first kappa shape index (κ1) is 25.7. The van der Waals surface area contributed by atoms with Crippen LogP contribution in [-0.4, -0.2) is 78.5 Å². The van der Waals surface area contributed by atoms with Gasteiger partial charge in [-0.25, -0.2) is 9.59 Å². The summed E-state index contributed by atoms with van der Waals surface area (Å²) < 4.78 is 5.48. The van der Waals surface area contributed by atoms with Gasteiger partial charge in [-0.05, 0) is 38.8 Å². The monoisotopic (exact) mass is 470 g/mol. The van der Waals surface area contributed by atoms with Gasteiger partial charge < -0.3 is 15.0 Å². The molecule has 0 bridgehead atoms. The Hall–Kier alpha value is -2.87. The number of esters is 1. The van der Waals surface area contributed by atoms with Crippen molar-refractivity contribution >= 4 is 17.9 Å². The molecule has 34 heavy (non-hydrogen) atoms. The van der Waals surface area contributed by atoms with Gasteiger partial charge in [-0.1, -0.05) is 37.6 Å². The van der Waals surface area contributed by atoms with Gasteiger partial charge in [0, 0.05) is 50.9 Å². The molecule has 0 aliphatic carbocycles. The molecule has 3 rings (SSSR count). The summed E-state index contributed by atoms with van der Waals surface area (Å²) in [5.74, 6) is -0.274. The number of likely N-dealkylation sites (N-methyl/N-ethyl adjacent to an activating group) is 1. The Morgan fingerprint density at radius 2 is 1.79 bits per heavy atom. The van der Waals surface area contributed by atoms with E-state index in [1.807, 2.05) is 57.7 Å². The number of urea groups is 1. The van der Waals surface area contributed by atoms with Crippen molar-refractivity contribution in [2.75, 3.05) is 45.9 Å². The summed E-state index contributed by atoms with van der Waals surface area (Å²) in [7, 11) is 0. The summed E-state index contributed by atoms with van der Waals surface area (Å²) >= 11 is 0. The second-order valence-electron chi connectivity index (χ2n) is 9.32. The predicted octanol–water partition coefficient (Wildman–Crippen LogP) is 3.01. The van der Waals surface area contributed by atoms with Crippen LogP contribution in [0, 0.1) is 19.8 Å². The van der Waals surface area contributed by atoms with Crippen LogP contribution in [0.25, 0.3) is 0 Å². The fourth-order valence-corrected chi connectivity index (χ4v) is 4.67. The van der Waals surface area contributed by atoms with Crippen LogP contribution in [0.3, 0.4) is 0 Å². The quantitative estimate of drug-likeness (QED) is 0.620. The van der Waals surface area contributed by atoms with Gasteiger partial charge in [-0.2, -0.15) is 0 Å². The average Bonchev–Trinajstić information content (AvgIpc) is 2.80. The number of benzene rings is 1. The van der Waals surface area contributed by atoms with Gasteiger partial charge in [-0.15, -0.1) is 0 Å². The lowest BCUT2D eigenvalue weighted by Crippen LogP contribution is -2.54. The molecule has 0 radical (unpaired) electrons. The number of carbonyl (C=O) groups excluding carboxylic acids is 3. The Kier molecular flexibility index (Phi) is 8.36. The van der Waals surface area contributed by atoms with Gasteiger partial charge in [0.2, 0.25) is 5.91 Å². The van der Waals surface area contributed by atoms with Gasteiger partial charge in [-0.3, -0.25) is 14.6 Å². The number of carbonyl (C=O) groups is 3. The van der Waals surface area contributed by atoms with Crippen molar-refractivity contribution in [1.82, 2.24) is 20.0 Å². The molecule has 8 nitrogen and oxygen atoms in total. The molecule has 0 aromatic heterocycles. The van der Waals surface area contributed by atoms with E-state index in [-0.39, 0.29) is 24.5 Å². The number of hydrogen-bond acceptors (Lipinski definition) is 5. The third kappa shape index (κ3) is 5.43. The maximum atomic E-state index is 13.3. The molecule has 2 aliphatic heterocycles. The molecule has 2 aliphatic rings. The van der Waals surface area contributed by atoms with Crippen molar-refractivity contribution in [2.24, 2.45) is 5.92 Å². The molecule has 1 N–H and O–H groups in total. The Morgan fingerprint density at radius 3 is 2.38 bits per heavy atom. The molecule has 1 aromatic rings. The Bertz CT molecular complexity index is 964. The maximum Gasteiger partial charge on any atom is 0.338 e. The molecule has 1 saturated heterocycles. The Balaban J connectivity index is 1.99. The molecule has 0 spiro atoms. The average molecular weight is 471 g/mol. The van der Waals surface area contributed by atoms with E-state index in [4.69, 9.17) is 4.74 Å². The zero-order chi connectivity index (χ0) is 25.0. The smallest absolute Gasteiger partial charge is 0.338 e. The fraction of sp³-hybridized carbons (Fsp3) is 0.577. The molecule has 2 heterocycles. The Labute approximate surface area is 202 Å². The highest BCUT2D eigenvalue weighted by atomic mass is 16.5. The lowest BCUT2D eigenvalue weighted by Gasteiger charge is -2.41. The van der Waals surface area contributed by atoms with Crippen molar-refractivity contribution < 1.29 is 19.1 Å². The lowest BCUT2D eigenvalue weighted by molar-refractivity contribution is -0.139. The highest BCUT2D eigenvalue weighted by molar-refractivity contribution is 5.95. The predicted molar refractivity (Wildman–Crippen MR) is 131 cm³/mol. The zero-order valence-corrected chi connectivity index (χ0v) is 21.3. The second-order valence-corrected chi connectivity index (χ2v) is 9.32. The fourth-order valence-electron chi connectivity index (χ4n) is 4.67. The van der Waals surface area contributed by atoms with Gasteiger partial charge in [0.1, 0.15) is 0 Å². The molecule has 8 heteroatoms. The van der Waals surface area contributed by atoms with Crippen molar-refractivity contribution in [3.63, 3.8) is 0 Å². The van der Waals surface area contributed by atoms with Gasteiger partial charge in [0.25, 0.3) is 0 Å². The van der Waals surface area contributed by atoms with E-state index in [1.54, 1.807) is 11.8 Å². The minimum absolute atomic E-state index is 0.0272. The number of nitrogens with one attached hydrogen (secondary N) is 1. The molecule has 1 fully saturated rings. The lowest BCUT2D eigenvalue weighted by atomic mass is 9.90. The minimum Gasteiger partial charge on any atom is -0.463 e. The first-order chi connectivity index (χ1) is 16.2. The van der Waals surface area contributed by atoms with E-state index in [0.717, 1.165) is 16.7 Å². The second kappa shape index (κ2) is 11.0. The van der Waals surface area contributed by atoms with Crippen LogP contribution >= 0.6 is 0 Å². The summed E-state index contributed by atoms with van der Waals surface area (Å²) in [5, 5.41) is 3.05. The summed E-state index contributed by atoms with van der Waals surface area (Å²) in [6.07, 6.45) is 0. The van der Waals surface area contributed by atoms with Gasteiger partial charge in [0.05, 0.1) is 18.2 Å². The minimum atomic E-state index is -0.576. The first-order valence-electron chi connectivity index (χ1n) is 12.2. The zero-order valence-electron chi connectivity index (χ0n) is 21.3. The number of piperazine rings is 1. The van der Waals surface area contributed by atoms with Gasteiger partial charge in [0.15, 0.2) is 0 Å². The maximum absolute atomic E-state index is 13.3. The van der Waals surface area contributed by atoms with E-state index in [9.17, 15) is 14.4 Å². The summed E-state index contributed by atoms with van der Waals surface area (Å²) in [4.78, 5) is 44.6. The van der Waals surface area contributed by atoms with Crippen molar-refractivity contribution in [1.29, 1.82) is 0 Å². The molecule has 0 saturated carbocycles. The van der Waals surface area contributed by atoms with Crippen LogP contribution in [-0.2, 0) is 14.3 Å². The molecule has 1 atom stereocenters. The first-order valence-corrected chi connectivity index (χ1v) is 12.2. The number of ether oxygens (including phenoxy) is 1. The third-order valence-corrected chi connectivity index (χ3v) is 6.55. The van der Waals surface area contributed by atoms with E-state index in [2.05, 4.69) is 10.2 Å². The highest BCUT2D eigenvalue weighted by Crippen LogP contribution is 2.34. The van der Waals surface area contributed by atoms with E-state index in [0.29, 0.717) is 50.5 Å². The molecular weight excluding hydrogens is 432 g/mol. The van der Waals surface area contributed by atoms with E-state index < -0.39 is 12.0 Å². The summed E-state index contributed by atoms with van der Waals surface area (Å²) in [6.45, 7) is 15.3. The van der Waals surface area contributed by atoms with Crippen LogP contribution in [0.4, 0.5) is 4.79 Å². The van der Waals surface area contributed by atoms with Crippen molar-refractivity contribution in [2.45, 2.75) is 47.6 Å². The Morgan fingerprint density at radius 1 is 1.12 bits per heavy atom. The van der Waals surface area contributed by atoms with Crippen LogP contribution in [0.2, 0.25) is 0 Å². The number of nitrogens with zero attached hydrogens (tertiary/aromatic N) is 3.